The summed E-state index contributed by atoms with van der Waals surface area (Å²) in [5, 5.41) is 9.56. The van der Waals surface area contributed by atoms with Gasteiger partial charge >= 0.3 is 0 Å². The third-order valence-electron chi connectivity index (χ3n) is 8.22. The molecule has 0 spiro atoms. The number of hydrogen-bond acceptors (Lipinski definition) is 2. The molecule has 0 saturated heterocycles. The van der Waals surface area contributed by atoms with Crippen LogP contribution in [0.4, 0.5) is 0 Å². The molecule has 0 unspecified atom stereocenters. The van der Waals surface area contributed by atoms with Gasteiger partial charge in [0.25, 0.3) is 0 Å². The SMILES string of the molecule is C=CC.CC.CC.c1ccc2c(c1)oc1ccc(-c3ccc4cc5cc(-c6ccc7oc8ccccc8c7c6)ccc5cc4c3)cc12. The highest BCUT2D eigenvalue weighted by Gasteiger charge is 2.11. The molecule has 9 aromatic rings. The third kappa shape index (κ3) is 5.91. The normalized spacial score (nSPS) is 10.7. The van der Waals surface area contributed by atoms with Crippen molar-refractivity contribution in [3.8, 4) is 22.3 Å². The van der Waals surface area contributed by atoms with Crippen molar-refractivity contribution >= 4 is 65.4 Å². The van der Waals surface area contributed by atoms with Crippen LogP contribution < -0.4 is 0 Å². The van der Waals surface area contributed by atoms with Crippen LogP contribution in [0.15, 0.2) is 155 Å². The minimum absolute atomic E-state index is 0.924. The Morgan fingerprint density at radius 3 is 1.15 bits per heavy atom. The lowest BCUT2D eigenvalue weighted by atomic mass is 9.95. The van der Waals surface area contributed by atoms with Crippen LogP contribution in [0.3, 0.4) is 0 Å². The second-order valence-corrected chi connectivity index (χ2v) is 11.0. The Hall–Kier alpha value is -5.60. The Balaban J connectivity index is 0.000000516. The lowest BCUT2D eigenvalue weighted by Gasteiger charge is -2.09. The molecule has 0 saturated carbocycles. The molecule has 2 heterocycles. The van der Waals surface area contributed by atoms with Gasteiger partial charge in [0.1, 0.15) is 22.3 Å². The van der Waals surface area contributed by atoms with E-state index in [0.29, 0.717) is 0 Å². The van der Waals surface area contributed by atoms with Crippen LogP contribution in [0.25, 0.3) is 87.7 Å². The lowest BCUT2D eigenvalue weighted by molar-refractivity contribution is 0.668. The van der Waals surface area contributed by atoms with Gasteiger partial charge in [0, 0.05) is 21.5 Å². The second kappa shape index (κ2) is 13.8. The first-order valence-corrected chi connectivity index (χ1v) is 16.6. The van der Waals surface area contributed by atoms with E-state index in [1.54, 1.807) is 6.08 Å². The van der Waals surface area contributed by atoms with E-state index >= 15 is 0 Å². The van der Waals surface area contributed by atoms with Crippen LogP contribution in [-0.2, 0) is 0 Å². The molecule has 0 atom stereocenters. The zero-order valence-corrected chi connectivity index (χ0v) is 27.8. The van der Waals surface area contributed by atoms with Gasteiger partial charge in [-0.05, 0) is 111 Å². The molecule has 0 radical (unpaired) electrons. The molecule has 2 aromatic heterocycles. The number of rotatable bonds is 2. The van der Waals surface area contributed by atoms with Gasteiger partial charge in [-0.25, -0.2) is 0 Å². The van der Waals surface area contributed by atoms with Crippen molar-refractivity contribution in [3.05, 3.63) is 146 Å². The van der Waals surface area contributed by atoms with Gasteiger partial charge in [-0.3, -0.25) is 0 Å². The summed E-state index contributed by atoms with van der Waals surface area (Å²) in [7, 11) is 0. The third-order valence-corrected chi connectivity index (χ3v) is 8.22. The summed E-state index contributed by atoms with van der Waals surface area (Å²) in [5.41, 5.74) is 8.50. The van der Waals surface area contributed by atoms with E-state index in [2.05, 4.69) is 116 Å². The molecule has 0 aliphatic heterocycles. The minimum atomic E-state index is 0.924. The molecule has 0 N–H and O–H groups in total. The zero-order chi connectivity index (χ0) is 32.9. The minimum Gasteiger partial charge on any atom is -0.456 e. The fraction of sp³-hybridized carbons (Fsp3) is 0.111. The van der Waals surface area contributed by atoms with Crippen molar-refractivity contribution < 1.29 is 8.83 Å². The van der Waals surface area contributed by atoms with Crippen molar-refractivity contribution in [2.24, 2.45) is 0 Å². The number of hydrogen-bond donors (Lipinski definition) is 0. The van der Waals surface area contributed by atoms with E-state index in [1.165, 1.54) is 43.8 Å². The highest BCUT2D eigenvalue weighted by molar-refractivity contribution is 6.08. The summed E-state index contributed by atoms with van der Waals surface area (Å²) in [4.78, 5) is 0. The number of allylic oxidation sites excluding steroid dienone is 1. The molecule has 0 aliphatic rings. The predicted molar refractivity (Wildman–Crippen MR) is 205 cm³/mol. The van der Waals surface area contributed by atoms with Gasteiger partial charge in [-0.2, -0.15) is 0 Å². The monoisotopic (exact) mass is 612 g/mol. The van der Waals surface area contributed by atoms with Gasteiger partial charge in [0.15, 0.2) is 0 Å². The Labute approximate surface area is 276 Å². The van der Waals surface area contributed by atoms with E-state index in [1.807, 2.05) is 58.9 Å². The summed E-state index contributed by atoms with van der Waals surface area (Å²) >= 11 is 0. The molecule has 0 fully saturated rings. The van der Waals surface area contributed by atoms with Gasteiger partial charge in [-0.1, -0.05) is 107 Å². The van der Waals surface area contributed by atoms with Crippen molar-refractivity contribution in [1.82, 2.24) is 0 Å². The topological polar surface area (TPSA) is 26.3 Å². The molecular weight excluding hydrogens is 572 g/mol. The quantitative estimate of drug-likeness (QED) is 0.143. The van der Waals surface area contributed by atoms with E-state index < -0.39 is 0 Å². The van der Waals surface area contributed by atoms with E-state index in [4.69, 9.17) is 8.83 Å². The number of furan rings is 2. The highest BCUT2D eigenvalue weighted by atomic mass is 16.3. The largest absolute Gasteiger partial charge is 0.456 e. The van der Waals surface area contributed by atoms with Crippen molar-refractivity contribution in [3.63, 3.8) is 0 Å². The van der Waals surface area contributed by atoms with Crippen LogP contribution in [0, 0.1) is 0 Å². The van der Waals surface area contributed by atoms with E-state index in [0.717, 1.165) is 43.9 Å². The molecule has 9 rings (SSSR count). The summed E-state index contributed by atoms with van der Waals surface area (Å²) in [6, 6.07) is 47.5. The number of para-hydroxylation sites is 2. The summed E-state index contributed by atoms with van der Waals surface area (Å²) in [6.07, 6.45) is 1.75. The van der Waals surface area contributed by atoms with Gasteiger partial charge < -0.3 is 8.83 Å². The molecule has 0 bridgehead atoms. The first-order chi connectivity index (χ1) is 23.2. The Kier molecular flexibility index (Phi) is 9.22. The van der Waals surface area contributed by atoms with E-state index in [-0.39, 0.29) is 0 Å². The Bertz CT molecular complexity index is 2320. The molecule has 47 heavy (non-hydrogen) atoms. The highest BCUT2D eigenvalue weighted by Crippen LogP contribution is 2.36. The van der Waals surface area contributed by atoms with Crippen LogP contribution in [0.1, 0.15) is 34.6 Å². The molecular formula is C45H40O2. The zero-order valence-electron chi connectivity index (χ0n) is 27.8. The van der Waals surface area contributed by atoms with Crippen LogP contribution in [0.2, 0.25) is 0 Å². The molecule has 2 heteroatoms. The summed E-state index contributed by atoms with van der Waals surface area (Å²) in [5.74, 6) is 0. The second-order valence-electron chi connectivity index (χ2n) is 11.0. The standard InChI is InChI=1S/C38H22O2.C3H6.2C2H6/c1-3-7-35-31(5-1)33-21-27(13-15-37(33)39-35)23-9-11-25-20-30-18-24(10-12-26(30)19-29(25)17-23)28-14-16-38-34(22-28)32-6-2-4-8-36(32)40-38;1-3-2;2*1-2/h1-22H;3H,1H2,2H3;2*1-2H3. The van der Waals surface area contributed by atoms with Gasteiger partial charge in [0.2, 0.25) is 0 Å². The maximum atomic E-state index is 6.03. The first-order valence-electron chi connectivity index (χ1n) is 16.6. The average molecular weight is 613 g/mol. The van der Waals surface area contributed by atoms with Gasteiger partial charge in [0.05, 0.1) is 0 Å². The molecule has 2 nitrogen and oxygen atoms in total. The molecule has 0 aliphatic carbocycles. The van der Waals surface area contributed by atoms with Crippen LogP contribution >= 0.6 is 0 Å². The number of benzene rings is 7. The summed E-state index contributed by atoms with van der Waals surface area (Å²) in [6.45, 7) is 13.2. The van der Waals surface area contributed by atoms with Gasteiger partial charge in [-0.15, -0.1) is 6.58 Å². The fourth-order valence-electron chi connectivity index (χ4n) is 6.17. The van der Waals surface area contributed by atoms with Crippen LogP contribution in [0.5, 0.6) is 0 Å². The smallest absolute Gasteiger partial charge is 0.135 e. The lowest BCUT2D eigenvalue weighted by Crippen LogP contribution is -1.83. The van der Waals surface area contributed by atoms with Crippen LogP contribution in [-0.4, -0.2) is 0 Å². The Morgan fingerprint density at radius 1 is 0.383 bits per heavy atom. The molecule has 0 amide bonds. The van der Waals surface area contributed by atoms with Crippen molar-refractivity contribution in [2.75, 3.05) is 0 Å². The van der Waals surface area contributed by atoms with Crippen molar-refractivity contribution in [1.29, 1.82) is 0 Å². The van der Waals surface area contributed by atoms with E-state index in [9.17, 15) is 0 Å². The summed E-state index contributed by atoms with van der Waals surface area (Å²) < 4.78 is 12.1. The maximum Gasteiger partial charge on any atom is 0.135 e. The molecule has 7 aromatic carbocycles. The molecule has 232 valence electrons. The Morgan fingerprint density at radius 2 is 0.723 bits per heavy atom. The van der Waals surface area contributed by atoms with Crippen molar-refractivity contribution in [2.45, 2.75) is 34.6 Å². The average Bonchev–Trinajstić information content (AvgIpc) is 3.70. The first kappa shape index (κ1) is 31.4. The maximum absolute atomic E-state index is 6.03. The fourth-order valence-corrected chi connectivity index (χ4v) is 6.17. The predicted octanol–water partition coefficient (Wildman–Crippen LogP) is 14.4. The number of fused-ring (bicyclic) bond motifs is 8.